The van der Waals surface area contributed by atoms with Crippen molar-refractivity contribution in [2.75, 3.05) is 5.32 Å². The second-order valence-electron chi connectivity index (χ2n) is 3.98. The number of aryl methyl sites for hydroxylation is 1. The number of hydrogen-bond donors (Lipinski definition) is 1. The van der Waals surface area contributed by atoms with Crippen molar-refractivity contribution in [3.8, 4) is 0 Å². The van der Waals surface area contributed by atoms with Gasteiger partial charge < -0.3 is 5.32 Å². The van der Waals surface area contributed by atoms with Gasteiger partial charge in [-0.05, 0) is 57.4 Å². The first kappa shape index (κ1) is 10.1. The summed E-state index contributed by atoms with van der Waals surface area (Å²) < 4.78 is 0. The van der Waals surface area contributed by atoms with Crippen molar-refractivity contribution in [2.45, 2.75) is 40.7 Å². The van der Waals surface area contributed by atoms with Gasteiger partial charge >= 0.3 is 0 Å². The van der Waals surface area contributed by atoms with Gasteiger partial charge in [-0.3, -0.25) is 0 Å². The summed E-state index contributed by atoms with van der Waals surface area (Å²) in [5.41, 5.74) is 5.39. The lowest BCUT2D eigenvalue weighted by atomic mass is 10.0. The number of anilines is 1. The number of hydrogen-bond acceptors (Lipinski definition) is 1. The van der Waals surface area contributed by atoms with Crippen LogP contribution in [0.1, 0.15) is 30.5 Å². The Labute approximate surface area is 81.2 Å². The van der Waals surface area contributed by atoms with Crippen LogP contribution in [0.3, 0.4) is 0 Å². The maximum absolute atomic E-state index is 3.44. The quantitative estimate of drug-likeness (QED) is 0.729. The molecule has 0 saturated carbocycles. The van der Waals surface area contributed by atoms with E-state index in [9.17, 15) is 0 Å². The van der Waals surface area contributed by atoms with Crippen LogP contribution >= 0.6 is 0 Å². The summed E-state index contributed by atoms with van der Waals surface area (Å²) in [6.07, 6.45) is 0. The highest BCUT2D eigenvalue weighted by Gasteiger charge is 2.03. The molecule has 13 heavy (non-hydrogen) atoms. The van der Waals surface area contributed by atoms with E-state index in [-0.39, 0.29) is 0 Å². The molecule has 72 valence electrons. The van der Waals surface area contributed by atoms with E-state index in [2.05, 4.69) is 52.1 Å². The molecule has 0 fully saturated rings. The molecule has 0 atom stereocenters. The Morgan fingerprint density at radius 1 is 1.00 bits per heavy atom. The molecule has 0 bridgehead atoms. The molecule has 0 aliphatic rings. The van der Waals surface area contributed by atoms with E-state index >= 15 is 0 Å². The van der Waals surface area contributed by atoms with Gasteiger partial charge in [0.25, 0.3) is 0 Å². The van der Waals surface area contributed by atoms with Crippen LogP contribution in [0.25, 0.3) is 0 Å². The predicted octanol–water partition coefficient (Wildman–Crippen LogP) is 3.43. The highest BCUT2D eigenvalue weighted by Crippen LogP contribution is 2.21. The summed E-state index contributed by atoms with van der Waals surface area (Å²) in [5, 5.41) is 3.44. The zero-order chi connectivity index (χ0) is 10.0. The first-order valence-electron chi connectivity index (χ1n) is 4.85. The Kier molecular flexibility index (Phi) is 2.97. The van der Waals surface area contributed by atoms with Crippen molar-refractivity contribution in [2.24, 2.45) is 0 Å². The van der Waals surface area contributed by atoms with Crippen molar-refractivity contribution in [3.63, 3.8) is 0 Å². The molecule has 0 amide bonds. The largest absolute Gasteiger partial charge is 0.383 e. The van der Waals surface area contributed by atoms with Crippen molar-refractivity contribution in [3.05, 3.63) is 28.8 Å². The van der Waals surface area contributed by atoms with Gasteiger partial charge in [0.2, 0.25) is 0 Å². The van der Waals surface area contributed by atoms with E-state index in [1.165, 1.54) is 22.4 Å². The Hall–Kier alpha value is -0.980. The molecule has 0 unspecified atom stereocenters. The monoisotopic (exact) mass is 177 g/mol. The Morgan fingerprint density at radius 2 is 1.62 bits per heavy atom. The molecule has 0 saturated heterocycles. The molecule has 1 N–H and O–H groups in total. The van der Waals surface area contributed by atoms with Crippen LogP contribution in [0.5, 0.6) is 0 Å². The Balaban J connectivity index is 3.04. The van der Waals surface area contributed by atoms with Gasteiger partial charge in [0, 0.05) is 11.7 Å². The molecule has 1 nitrogen and oxygen atoms in total. The average Bonchev–Trinajstić information content (AvgIpc) is 2.06. The third-order valence-electron chi connectivity index (χ3n) is 2.50. The molecule has 1 rings (SSSR count). The molecule has 0 spiro atoms. The van der Waals surface area contributed by atoms with Crippen molar-refractivity contribution in [1.29, 1.82) is 0 Å². The van der Waals surface area contributed by atoms with Crippen molar-refractivity contribution in [1.82, 2.24) is 0 Å². The van der Waals surface area contributed by atoms with Crippen LogP contribution in [-0.2, 0) is 0 Å². The number of nitrogens with one attached hydrogen (secondary N) is 1. The average molecular weight is 177 g/mol. The number of rotatable bonds is 2. The molecule has 0 aliphatic heterocycles. The minimum Gasteiger partial charge on any atom is -0.383 e. The van der Waals surface area contributed by atoms with Crippen molar-refractivity contribution < 1.29 is 0 Å². The maximum Gasteiger partial charge on any atom is 0.0374 e. The van der Waals surface area contributed by atoms with E-state index in [0.29, 0.717) is 6.04 Å². The fourth-order valence-electron chi connectivity index (χ4n) is 1.42. The third-order valence-corrected chi connectivity index (χ3v) is 2.50. The molecule has 1 aromatic rings. The van der Waals surface area contributed by atoms with Gasteiger partial charge in [0.15, 0.2) is 0 Å². The second-order valence-corrected chi connectivity index (χ2v) is 3.98. The lowest BCUT2D eigenvalue weighted by Crippen LogP contribution is -2.11. The summed E-state index contributed by atoms with van der Waals surface area (Å²) in [7, 11) is 0. The fraction of sp³-hybridized carbons (Fsp3) is 0.500. The number of benzene rings is 1. The maximum atomic E-state index is 3.44. The molecule has 0 aliphatic carbocycles. The smallest absolute Gasteiger partial charge is 0.0374 e. The van der Waals surface area contributed by atoms with E-state index in [1.807, 2.05) is 0 Å². The summed E-state index contributed by atoms with van der Waals surface area (Å²) in [6.45, 7) is 10.8. The van der Waals surface area contributed by atoms with Gasteiger partial charge in [-0.15, -0.1) is 0 Å². The van der Waals surface area contributed by atoms with Gasteiger partial charge in [-0.1, -0.05) is 6.07 Å². The molecule has 0 heterocycles. The lowest BCUT2D eigenvalue weighted by molar-refractivity contribution is 0.896. The van der Waals surface area contributed by atoms with E-state index < -0.39 is 0 Å². The van der Waals surface area contributed by atoms with Crippen LogP contribution in [0.2, 0.25) is 0 Å². The zero-order valence-electron chi connectivity index (χ0n) is 9.23. The van der Waals surface area contributed by atoms with Crippen LogP contribution in [0.4, 0.5) is 5.69 Å². The predicted molar refractivity (Wildman–Crippen MR) is 59.4 cm³/mol. The van der Waals surface area contributed by atoms with Gasteiger partial charge in [0.1, 0.15) is 0 Å². The molecule has 1 aromatic carbocycles. The van der Waals surface area contributed by atoms with Crippen LogP contribution in [0, 0.1) is 20.8 Å². The fourth-order valence-corrected chi connectivity index (χ4v) is 1.42. The lowest BCUT2D eigenvalue weighted by Gasteiger charge is -2.15. The molecular formula is C12H19N. The Morgan fingerprint density at radius 3 is 2.15 bits per heavy atom. The second kappa shape index (κ2) is 3.82. The van der Waals surface area contributed by atoms with Crippen molar-refractivity contribution >= 4 is 5.69 Å². The minimum atomic E-state index is 0.501. The topological polar surface area (TPSA) is 12.0 Å². The van der Waals surface area contributed by atoms with Crippen LogP contribution in [0.15, 0.2) is 12.1 Å². The first-order chi connectivity index (χ1) is 6.02. The van der Waals surface area contributed by atoms with E-state index in [1.54, 1.807) is 0 Å². The van der Waals surface area contributed by atoms with Gasteiger partial charge in [-0.25, -0.2) is 0 Å². The highest BCUT2D eigenvalue weighted by molar-refractivity contribution is 5.56. The molecule has 1 heteroatoms. The van der Waals surface area contributed by atoms with Gasteiger partial charge in [-0.2, -0.15) is 0 Å². The van der Waals surface area contributed by atoms with E-state index in [4.69, 9.17) is 0 Å². The molecule has 0 radical (unpaired) electrons. The normalized spacial score (nSPS) is 10.6. The summed E-state index contributed by atoms with van der Waals surface area (Å²) >= 11 is 0. The highest BCUT2D eigenvalue weighted by atomic mass is 14.9. The zero-order valence-corrected chi connectivity index (χ0v) is 9.23. The minimum absolute atomic E-state index is 0.501. The van der Waals surface area contributed by atoms with Gasteiger partial charge in [0.05, 0.1) is 0 Å². The SMILES string of the molecule is Cc1ccc(NC(C)C)c(C)c1C. The van der Waals surface area contributed by atoms with Crippen LogP contribution in [-0.4, -0.2) is 6.04 Å². The summed E-state index contributed by atoms with van der Waals surface area (Å²) in [6, 6.07) is 4.84. The summed E-state index contributed by atoms with van der Waals surface area (Å²) in [4.78, 5) is 0. The third kappa shape index (κ3) is 2.24. The molecule has 0 aromatic heterocycles. The van der Waals surface area contributed by atoms with E-state index in [0.717, 1.165) is 0 Å². The molecular weight excluding hydrogens is 158 g/mol. The Bertz CT molecular complexity index is 300. The standard InChI is InChI=1S/C12H19N/c1-8(2)13-12-7-6-9(3)10(4)11(12)5/h6-8,13H,1-5H3. The summed E-state index contributed by atoms with van der Waals surface area (Å²) in [5.74, 6) is 0. The first-order valence-corrected chi connectivity index (χ1v) is 4.85. The van der Waals surface area contributed by atoms with Crippen LogP contribution < -0.4 is 5.32 Å².